The van der Waals surface area contributed by atoms with Crippen molar-refractivity contribution in [2.45, 2.75) is 12.5 Å². The van der Waals surface area contributed by atoms with Crippen LogP contribution in [0.1, 0.15) is 17.2 Å². The summed E-state index contributed by atoms with van der Waals surface area (Å²) in [5.41, 5.74) is 2.72. The molecule has 0 spiro atoms. The zero-order valence-electron chi connectivity index (χ0n) is 11.8. The van der Waals surface area contributed by atoms with Crippen LogP contribution in [0.3, 0.4) is 0 Å². The van der Waals surface area contributed by atoms with Gasteiger partial charge in [-0.1, -0.05) is 60.7 Å². The van der Waals surface area contributed by atoms with E-state index < -0.39 is 0 Å². The summed E-state index contributed by atoms with van der Waals surface area (Å²) < 4.78 is 0.777. The first-order valence-electron chi connectivity index (χ1n) is 6.69. The highest BCUT2D eigenvalue weighted by Crippen LogP contribution is 2.29. The minimum absolute atomic E-state index is 0.390. The van der Waals surface area contributed by atoms with Gasteiger partial charge in [0.05, 0.1) is 20.3 Å². The van der Waals surface area contributed by atoms with Crippen molar-refractivity contribution < 1.29 is 4.48 Å². The molecule has 98 valence electrons. The highest BCUT2D eigenvalue weighted by atomic mass is 15.3. The molecule has 0 amide bonds. The summed E-state index contributed by atoms with van der Waals surface area (Å²) in [5.74, 6) is 0. The number of quaternary nitrogens is 1. The molecule has 0 aliphatic rings. The van der Waals surface area contributed by atoms with Crippen molar-refractivity contribution in [2.24, 2.45) is 0 Å². The molecule has 0 aliphatic heterocycles. The number of nitrogens with zero attached hydrogens (tertiary/aromatic N) is 1. The Morgan fingerprint density at radius 1 is 0.947 bits per heavy atom. The third-order valence-electron chi connectivity index (χ3n) is 3.73. The SMILES string of the molecule is C=C[N+](C)(C)C(Cc1ccccc1)c1ccccc1. The van der Waals surface area contributed by atoms with Crippen molar-refractivity contribution >= 4 is 0 Å². The lowest BCUT2D eigenvalue weighted by molar-refractivity contribution is -0.871. The van der Waals surface area contributed by atoms with Crippen LogP contribution < -0.4 is 0 Å². The topological polar surface area (TPSA) is 0 Å². The van der Waals surface area contributed by atoms with E-state index in [9.17, 15) is 0 Å². The quantitative estimate of drug-likeness (QED) is 0.700. The second kappa shape index (κ2) is 5.85. The minimum atomic E-state index is 0.390. The molecule has 19 heavy (non-hydrogen) atoms. The summed E-state index contributed by atoms with van der Waals surface area (Å²) in [4.78, 5) is 0. The monoisotopic (exact) mass is 252 g/mol. The van der Waals surface area contributed by atoms with E-state index in [0.29, 0.717) is 6.04 Å². The first-order chi connectivity index (χ1) is 9.13. The van der Waals surface area contributed by atoms with Gasteiger partial charge in [0.25, 0.3) is 0 Å². The van der Waals surface area contributed by atoms with Crippen molar-refractivity contribution in [3.63, 3.8) is 0 Å². The summed E-state index contributed by atoms with van der Waals surface area (Å²) in [6.07, 6.45) is 3.03. The van der Waals surface area contributed by atoms with E-state index in [1.54, 1.807) is 0 Å². The Hall–Kier alpha value is -1.86. The molecule has 0 saturated heterocycles. The van der Waals surface area contributed by atoms with Gasteiger partial charge in [-0.3, -0.25) is 4.48 Å². The van der Waals surface area contributed by atoms with Crippen LogP contribution in [0.15, 0.2) is 73.4 Å². The van der Waals surface area contributed by atoms with Gasteiger partial charge in [-0.15, -0.1) is 0 Å². The molecule has 2 aromatic rings. The third kappa shape index (κ3) is 3.33. The molecule has 1 heteroatoms. The normalized spacial score (nSPS) is 12.9. The lowest BCUT2D eigenvalue weighted by atomic mass is 9.96. The smallest absolute Gasteiger partial charge is 0.122 e. The van der Waals surface area contributed by atoms with Gasteiger partial charge >= 0.3 is 0 Å². The van der Waals surface area contributed by atoms with Crippen LogP contribution in [-0.4, -0.2) is 18.6 Å². The second-order valence-electron chi connectivity index (χ2n) is 5.43. The molecule has 0 aliphatic carbocycles. The molecule has 1 nitrogen and oxygen atoms in total. The summed E-state index contributed by atoms with van der Waals surface area (Å²) in [6, 6.07) is 21.7. The van der Waals surface area contributed by atoms with Crippen molar-refractivity contribution in [2.75, 3.05) is 14.1 Å². The van der Waals surface area contributed by atoms with E-state index in [1.807, 2.05) is 6.20 Å². The fourth-order valence-corrected chi connectivity index (χ4v) is 2.38. The van der Waals surface area contributed by atoms with Crippen molar-refractivity contribution in [1.82, 2.24) is 0 Å². The first-order valence-corrected chi connectivity index (χ1v) is 6.69. The van der Waals surface area contributed by atoms with Gasteiger partial charge in [0.15, 0.2) is 0 Å². The maximum Gasteiger partial charge on any atom is 0.122 e. The Morgan fingerprint density at radius 3 is 2.00 bits per heavy atom. The Labute approximate surface area is 116 Å². The summed E-state index contributed by atoms with van der Waals surface area (Å²) in [6.45, 7) is 3.99. The van der Waals surface area contributed by atoms with Gasteiger partial charge in [0.1, 0.15) is 6.04 Å². The number of hydrogen-bond donors (Lipinski definition) is 0. The van der Waals surface area contributed by atoms with Crippen molar-refractivity contribution in [3.05, 3.63) is 84.6 Å². The maximum atomic E-state index is 3.99. The molecule has 0 radical (unpaired) electrons. The van der Waals surface area contributed by atoms with Crippen molar-refractivity contribution in [3.8, 4) is 0 Å². The summed E-state index contributed by atoms with van der Waals surface area (Å²) in [5, 5.41) is 0. The number of rotatable bonds is 5. The number of benzene rings is 2. The first kappa shape index (κ1) is 13.6. The predicted molar refractivity (Wildman–Crippen MR) is 81.6 cm³/mol. The molecule has 2 rings (SSSR count). The Kier molecular flexibility index (Phi) is 4.18. The van der Waals surface area contributed by atoms with E-state index >= 15 is 0 Å². The molecule has 0 N–H and O–H groups in total. The third-order valence-corrected chi connectivity index (χ3v) is 3.73. The van der Waals surface area contributed by atoms with Crippen LogP contribution in [0, 0.1) is 0 Å². The van der Waals surface area contributed by atoms with Crippen LogP contribution in [0.25, 0.3) is 0 Å². The number of likely N-dealkylation sites (N-methyl/N-ethyl adjacent to an activating group) is 1. The van der Waals surface area contributed by atoms with Gasteiger partial charge < -0.3 is 0 Å². The van der Waals surface area contributed by atoms with E-state index in [2.05, 4.69) is 81.3 Å². The Balaban J connectivity index is 2.33. The van der Waals surface area contributed by atoms with Crippen LogP contribution in [0.4, 0.5) is 0 Å². The summed E-state index contributed by atoms with van der Waals surface area (Å²) >= 11 is 0. The predicted octanol–water partition coefficient (Wildman–Crippen LogP) is 4.19. The van der Waals surface area contributed by atoms with Gasteiger partial charge in [0.2, 0.25) is 0 Å². The molecule has 1 atom stereocenters. The lowest BCUT2D eigenvalue weighted by Crippen LogP contribution is -2.38. The molecular formula is C18H22N+. The molecule has 1 unspecified atom stereocenters. The van der Waals surface area contributed by atoms with Gasteiger partial charge in [-0.25, -0.2) is 0 Å². The van der Waals surface area contributed by atoms with Crippen LogP contribution >= 0.6 is 0 Å². The summed E-state index contributed by atoms with van der Waals surface area (Å²) in [7, 11) is 4.40. The largest absolute Gasteiger partial charge is 0.296 e. The molecule has 0 saturated carbocycles. The van der Waals surface area contributed by atoms with Crippen LogP contribution in [-0.2, 0) is 6.42 Å². The molecule has 0 fully saturated rings. The van der Waals surface area contributed by atoms with E-state index in [0.717, 1.165) is 10.9 Å². The zero-order valence-corrected chi connectivity index (χ0v) is 11.8. The Morgan fingerprint density at radius 2 is 1.47 bits per heavy atom. The van der Waals surface area contributed by atoms with Gasteiger partial charge in [0, 0.05) is 12.0 Å². The van der Waals surface area contributed by atoms with Crippen molar-refractivity contribution in [1.29, 1.82) is 0 Å². The molecular weight excluding hydrogens is 230 g/mol. The molecule has 0 aromatic heterocycles. The number of hydrogen-bond acceptors (Lipinski definition) is 0. The van der Waals surface area contributed by atoms with E-state index in [4.69, 9.17) is 0 Å². The van der Waals surface area contributed by atoms with Gasteiger partial charge in [-0.05, 0) is 12.1 Å². The van der Waals surface area contributed by atoms with E-state index in [-0.39, 0.29) is 0 Å². The highest BCUT2D eigenvalue weighted by Gasteiger charge is 2.27. The molecule has 0 bridgehead atoms. The second-order valence-corrected chi connectivity index (χ2v) is 5.43. The van der Waals surface area contributed by atoms with E-state index in [1.165, 1.54) is 11.1 Å². The molecule has 0 heterocycles. The van der Waals surface area contributed by atoms with Crippen LogP contribution in [0.5, 0.6) is 0 Å². The fourth-order valence-electron chi connectivity index (χ4n) is 2.38. The maximum absolute atomic E-state index is 3.99. The average Bonchev–Trinajstić information content (AvgIpc) is 2.46. The highest BCUT2D eigenvalue weighted by molar-refractivity contribution is 5.22. The Bertz CT molecular complexity index is 514. The zero-order chi connectivity index (χ0) is 13.7. The van der Waals surface area contributed by atoms with Crippen LogP contribution in [0.2, 0.25) is 0 Å². The fraction of sp³-hybridized carbons (Fsp3) is 0.222. The standard InChI is InChI=1S/C18H22N/c1-4-19(2,3)18(17-13-9-6-10-14-17)15-16-11-7-5-8-12-16/h4-14,18H,1,15H2,2-3H3/q+1. The molecule has 2 aromatic carbocycles. The lowest BCUT2D eigenvalue weighted by Gasteiger charge is -2.35. The average molecular weight is 252 g/mol. The van der Waals surface area contributed by atoms with Gasteiger partial charge in [-0.2, -0.15) is 0 Å². The minimum Gasteiger partial charge on any atom is -0.296 e.